The quantitative estimate of drug-likeness (QED) is 0.868. The number of nitrogens with one attached hydrogen (secondary N) is 1. The lowest BCUT2D eigenvalue weighted by Crippen LogP contribution is -2.61. The summed E-state index contributed by atoms with van der Waals surface area (Å²) in [6.07, 6.45) is -0.201. The maximum Gasteiger partial charge on any atom is 0.410 e. The SMILES string of the molecule is CC(C)(C)OC(=O)N1CC(NC(=O)Cc2ccc(F)c(Br)c2)C1. The Bertz CT molecular complexity index is 610. The molecule has 1 aliphatic heterocycles. The molecule has 7 heteroatoms. The highest BCUT2D eigenvalue weighted by Gasteiger charge is 2.34. The number of rotatable bonds is 3. The molecule has 1 aromatic rings. The molecule has 0 aliphatic carbocycles. The van der Waals surface area contributed by atoms with Gasteiger partial charge in [0.25, 0.3) is 0 Å². The topological polar surface area (TPSA) is 58.6 Å². The molecule has 1 aromatic carbocycles. The number of benzene rings is 1. The van der Waals surface area contributed by atoms with E-state index in [1.807, 2.05) is 20.8 Å². The van der Waals surface area contributed by atoms with Gasteiger partial charge in [0.1, 0.15) is 11.4 Å². The first-order valence-electron chi connectivity index (χ1n) is 7.35. The van der Waals surface area contributed by atoms with Gasteiger partial charge in [0.05, 0.1) is 16.9 Å². The number of carbonyl (C=O) groups excluding carboxylic acids is 2. The molecular formula is C16H20BrFN2O3. The lowest BCUT2D eigenvalue weighted by Gasteiger charge is -2.40. The molecule has 0 aromatic heterocycles. The number of amides is 2. The zero-order valence-electron chi connectivity index (χ0n) is 13.4. The number of hydrogen-bond acceptors (Lipinski definition) is 3. The second-order valence-corrected chi connectivity index (χ2v) is 7.43. The Morgan fingerprint density at radius 2 is 2.04 bits per heavy atom. The molecule has 0 spiro atoms. The lowest BCUT2D eigenvalue weighted by atomic mass is 10.1. The van der Waals surface area contributed by atoms with E-state index in [0.29, 0.717) is 17.6 Å². The van der Waals surface area contributed by atoms with Crippen molar-refractivity contribution in [3.63, 3.8) is 0 Å². The Morgan fingerprint density at radius 1 is 1.39 bits per heavy atom. The third-order valence-electron chi connectivity index (χ3n) is 3.25. The Morgan fingerprint density at radius 3 is 2.61 bits per heavy atom. The second-order valence-electron chi connectivity index (χ2n) is 6.58. The molecule has 0 radical (unpaired) electrons. The van der Waals surface area contributed by atoms with Gasteiger partial charge in [0.15, 0.2) is 0 Å². The third kappa shape index (κ3) is 5.20. The second kappa shape index (κ2) is 6.86. The summed E-state index contributed by atoms with van der Waals surface area (Å²) >= 11 is 3.09. The average molecular weight is 387 g/mol. The Balaban J connectivity index is 1.76. The van der Waals surface area contributed by atoms with Gasteiger partial charge in [0, 0.05) is 13.1 Å². The molecular weight excluding hydrogens is 367 g/mol. The maximum atomic E-state index is 13.1. The lowest BCUT2D eigenvalue weighted by molar-refractivity contribution is -0.122. The standard InChI is InChI=1S/C16H20BrFN2O3/c1-16(2,3)23-15(22)20-8-11(9-20)19-14(21)7-10-4-5-13(18)12(17)6-10/h4-6,11H,7-9H2,1-3H3,(H,19,21). The van der Waals surface area contributed by atoms with Gasteiger partial charge >= 0.3 is 6.09 Å². The number of carbonyl (C=O) groups is 2. The van der Waals surface area contributed by atoms with Crippen LogP contribution in [-0.2, 0) is 16.0 Å². The minimum atomic E-state index is -0.526. The number of halogens is 2. The van der Waals surface area contributed by atoms with Crippen LogP contribution in [0.2, 0.25) is 0 Å². The van der Waals surface area contributed by atoms with E-state index in [0.717, 1.165) is 5.56 Å². The predicted molar refractivity (Wildman–Crippen MR) is 87.5 cm³/mol. The van der Waals surface area contributed by atoms with Gasteiger partial charge in [-0.25, -0.2) is 9.18 Å². The smallest absolute Gasteiger partial charge is 0.410 e. The highest BCUT2D eigenvalue weighted by Crippen LogP contribution is 2.18. The Labute approximate surface area is 143 Å². The van der Waals surface area contributed by atoms with E-state index in [9.17, 15) is 14.0 Å². The Kier molecular flexibility index (Phi) is 5.29. The molecule has 126 valence electrons. The van der Waals surface area contributed by atoms with Crippen LogP contribution in [0.25, 0.3) is 0 Å². The van der Waals surface area contributed by atoms with Crippen LogP contribution in [0.15, 0.2) is 22.7 Å². The fourth-order valence-electron chi connectivity index (χ4n) is 2.16. The first kappa shape index (κ1) is 17.7. The summed E-state index contributed by atoms with van der Waals surface area (Å²) < 4.78 is 18.7. The molecule has 1 heterocycles. The molecule has 2 amide bonds. The van der Waals surface area contributed by atoms with Gasteiger partial charge in [-0.3, -0.25) is 4.79 Å². The first-order chi connectivity index (χ1) is 10.6. The normalized spacial score (nSPS) is 15.1. The van der Waals surface area contributed by atoms with Crippen molar-refractivity contribution in [2.24, 2.45) is 0 Å². The zero-order valence-corrected chi connectivity index (χ0v) is 14.9. The van der Waals surface area contributed by atoms with Crippen molar-refractivity contribution in [3.05, 3.63) is 34.1 Å². The maximum absolute atomic E-state index is 13.1. The minimum absolute atomic E-state index is 0.0705. The van der Waals surface area contributed by atoms with E-state index in [1.54, 1.807) is 17.0 Å². The van der Waals surface area contributed by atoms with Crippen LogP contribution in [0, 0.1) is 5.82 Å². The number of ether oxygens (including phenoxy) is 1. The van der Waals surface area contributed by atoms with Crippen LogP contribution in [0.3, 0.4) is 0 Å². The molecule has 0 bridgehead atoms. The van der Waals surface area contributed by atoms with Crippen LogP contribution >= 0.6 is 15.9 Å². The van der Waals surface area contributed by atoms with Crippen LogP contribution < -0.4 is 5.32 Å². The number of nitrogens with zero attached hydrogens (tertiary/aromatic N) is 1. The summed E-state index contributed by atoms with van der Waals surface area (Å²) in [5, 5.41) is 2.85. The van der Waals surface area contributed by atoms with Crippen LogP contribution in [0.1, 0.15) is 26.3 Å². The van der Waals surface area contributed by atoms with Crippen molar-refractivity contribution in [2.75, 3.05) is 13.1 Å². The van der Waals surface area contributed by atoms with Gasteiger partial charge in [-0.05, 0) is 54.4 Å². The fraction of sp³-hybridized carbons (Fsp3) is 0.500. The summed E-state index contributed by atoms with van der Waals surface area (Å²) in [5.41, 5.74) is 0.195. The fourth-order valence-corrected chi connectivity index (χ4v) is 2.59. The number of likely N-dealkylation sites (tertiary alicyclic amines) is 1. The van der Waals surface area contributed by atoms with Crippen molar-refractivity contribution >= 4 is 27.9 Å². The average Bonchev–Trinajstić information content (AvgIpc) is 2.35. The predicted octanol–water partition coefficient (Wildman–Crippen LogP) is 2.87. The molecule has 1 N–H and O–H groups in total. The molecule has 1 fully saturated rings. The van der Waals surface area contributed by atoms with Crippen LogP contribution in [0.5, 0.6) is 0 Å². The summed E-state index contributed by atoms with van der Waals surface area (Å²) in [5.74, 6) is -0.515. The summed E-state index contributed by atoms with van der Waals surface area (Å²) in [4.78, 5) is 25.3. The summed E-state index contributed by atoms with van der Waals surface area (Å²) in [6, 6.07) is 4.41. The van der Waals surface area contributed by atoms with E-state index >= 15 is 0 Å². The van der Waals surface area contributed by atoms with Gasteiger partial charge in [-0.1, -0.05) is 6.07 Å². The van der Waals surface area contributed by atoms with E-state index in [-0.39, 0.29) is 30.3 Å². The minimum Gasteiger partial charge on any atom is -0.444 e. The number of hydrogen-bond donors (Lipinski definition) is 1. The van der Waals surface area contributed by atoms with E-state index in [4.69, 9.17) is 4.74 Å². The molecule has 2 rings (SSSR count). The molecule has 1 aliphatic rings. The van der Waals surface area contributed by atoms with Gasteiger partial charge in [-0.15, -0.1) is 0 Å². The first-order valence-corrected chi connectivity index (χ1v) is 8.14. The van der Waals surface area contributed by atoms with Crippen molar-refractivity contribution in [1.29, 1.82) is 0 Å². The van der Waals surface area contributed by atoms with E-state index in [2.05, 4.69) is 21.2 Å². The zero-order chi connectivity index (χ0) is 17.2. The van der Waals surface area contributed by atoms with E-state index < -0.39 is 5.60 Å². The van der Waals surface area contributed by atoms with Crippen LogP contribution in [-0.4, -0.2) is 41.6 Å². The molecule has 1 saturated heterocycles. The van der Waals surface area contributed by atoms with Gasteiger partial charge < -0.3 is 15.0 Å². The van der Waals surface area contributed by atoms with Gasteiger partial charge in [0.2, 0.25) is 5.91 Å². The van der Waals surface area contributed by atoms with E-state index in [1.165, 1.54) is 6.07 Å². The van der Waals surface area contributed by atoms with Crippen LogP contribution in [0.4, 0.5) is 9.18 Å². The van der Waals surface area contributed by atoms with Gasteiger partial charge in [-0.2, -0.15) is 0 Å². The highest BCUT2D eigenvalue weighted by molar-refractivity contribution is 9.10. The van der Waals surface area contributed by atoms with Crippen molar-refractivity contribution in [3.8, 4) is 0 Å². The molecule has 0 unspecified atom stereocenters. The largest absolute Gasteiger partial charge is 0.444 e. The molecule has 5 nitrogen and oxygen atoms in total. The van der Waals surface area contributed by atoms with Crippen molar-refractivity contribution in [2.45, 2.75) is 38.8 Å². The third-order valence-corrected chi connectivity index (χ3v) is 3.85. The summed E-state index contributed by atoms with van der Waals surface area (Å²) in [6.45, 7) is 6.31. The summed E-state index contributed by atoms with van der Waals surface area (Å²) in [7, 11) is 0. The molecule has 0 saturated carbocycles. The van der Waals surface area contributed by atoms with Crippen molar-refractivity contribution in [1.82, 2.24) is 10.2 Å². The highest BCUT2D eigenvalue weighted by atomic mass is 79.9. The monoisotopic (exact) mass is 386 g/mol. The molecule has 23 heavy (non-hydrogen) atoms. The molecule has 0 atom stereocenters. The Hall–Kier alpha value is -1.63. The van der Waals surface area contributed by atoms with Crippen molar-refractivity contribution < 1.29 is 18.7 Å².